The molecule has 14 heavy (non-hydrogen) atoms. The lowest BCUT2D eigenvalue weighted by Crippen LogP contribution is -2.33. The molecule has 0 bridgehead atoms. The van der Waals surface area contributed by atoms with Crippen molar-refractivity contribution in [2.45, 2.75) is 26.2 Å². The maximum absolute atomic E-state index is 11.5. The van der Waals surface area contributed by atoms with Crippen LogP contribution in [0.4, 0.5) is 0 Å². The largest absolute Gasteiger partial charge is 0.465 e. The molecule has 1 aliphatic rings. The van der Waals surface area contributed by atoms with Gasteiger partial charge in [-0.1, -0.05) is 0 Å². The van der Waals surface area contributed by atoms with Crippen molar-refractivity contribution >= 4 is 11.9 Å². The van der Waals surface area contributed by atoms with Crippen LogP contribution in [0.3, 0.4) is 0 Å². The highest BCUT2D eigenvalue weighted by Crippen LogP contribution is 2.32. The highest BCUT2D eigenvalue weighted by atomic mass is 16.5. The van der Waals surface area contributed by atoms with E-state index < -0.39 is 0 Å². The van der Waals surface area contributed by atoms with E-state index in [1.165, 1.54) is 4.90 Å². The van der Waals surface area contributed by atoms with Crippen LogP contribution in [0.2, 0.25) is 0 Å². The number of amides is 1. The summed E-state index contributed by atoms with van der Waals surface area (Å²) in [5.74, 6) is 0.270. The molecule has 1 amide bonds. The van der Waals surface area contributed by atoms with Crippen LogP contribution in [0, 0.1) is 5.92 Å². The lowest BCUT2D eigenvalue weighted by atomic mass is 10.2. The molecule has 80 valence electrons. The van der Waals surface area contributed by atoms with Crippen LogP contribution in [-0.4, -0.2) is 37.0 Å². The summed E-state index contributed by atoms with van der Waals surface area (Å²) < 4.78 is 4.75. The van der Waals surface area contributed by atoms with E-state index in [0.29, 0.717) is 18.9 Å². The van der Waals surface area contributed by atoms with Gasteiger partial charge in [0, 0.05) is 13.5 Å². The first kappa shape index (κ1) is 11.0. The van der Waals surface area contributed by atoms with Gasteiger partial charge in [0.05, 0.1) is 6.61 Å². The summed E-state index contributed by atoms with van der Waals surface area (Å²) >= 11 is 0. The zero-order chi connectivity index (χ0) is 10.6. The Morgan fingerprint density at radius 3 is 2.57 bits per heavy atom. The molecule has 0 heterocycles. The SMILES string of the molecule is CCOC(=O)CN(C)C(=O)CC1CC1. The number of hydrogen-bond donors (Lipinski definition) is 0. The van der Waals surface area contributed by atoms with Crippen LogP contribution in [0.1, 0.15) is 26.2 Å². The Kier molecular flexibility index (Phi) is 3.92. The van der Waals surface area contributed by atoms with Gasteiger partial charge in [-0.25, -0.2) is 0 Å². The zero-order valence-corrected chi connectivity index (χ0v) is 8.78. The smallest absolute Gasteiger partial charge is 0.325 e. The van der Waals surface area contributed by atoms with E-state index in [-0.39, 0.29) is 18.4 Å². The van der Waals surface area contributed by atoms with Gasteiger partial charge in [-0.2, -0.15) is 0 Å². The van der Waals surface area contributed by atoms with Crippen LogP contribution in [0.25, 0.3) is 0 Å². The lowest BCUT2D eigenvalue weighted by Gasteiger charge is -2.15. The molecule has 0 aliphatic heterocycles. The van der Waals surface area contributed by atoms with Crippen LogP contribution >= 0.6 is 0 Å². The number of esters is 1. The van der Waals surface area contributed by atoms with Gasteiger partial charge in [-0.15, -0.1) is 0 Å². The number of carbonyl (C=O) groups is 2. The predicted octanol–water partition coefficient (Wildman–Crippen LogP) is 0.808. The van der Waals surface area contributed by atoms with Crippen LogP contribution < -0.4 is 0 Å². The van der Waals surface area contributed by atoms with Crippen molar-refractivity contribution in [1.29, 1.82) is 0 Å². The van der Waals surface area contributed by atoms with Crippen molar-refractivity contribution in [3.8, 4) is 0 Å². The zero-order valence-electron chi connectivity index (χ0n) is 8.78. The minimum atomic E-state index is -0.334. The Labute approximate surface area is 84.2 Å². The molecule has 4 heteroatoms. The van der Waals surface area contributed by atoms with Gasteiger partial charge < -0.3 is 9.64 Å². The van der Waals surface area contributed by atoms with Gasteiger partial charge in [0.15, 0.2) is 0 Å². The number of carbonyl (C=O) groups excluding carboxylic acids is 2. The first-order valence-electron chi connectivity index (χ1n) is 5.03. The molecule has 0 spiro atoms. The van der Waals surface area contributed by atoms with Gasteiger partial charge in [-0.3, -0.25) is 9.59 Å². The highest BCUT2D eigenvalue weighted by molar-refractivity contribution is 5.82. The van der Waals surface area contributed by atoms with Crippen LogP contribution in [-0.2, 0) is 14.3 Å². The minimum Gasteiger partial charge on any atom is -0.465 e. The maximum Gasteiger partial charge on any atom is 0.325 e. The molecular weight excluding hydrogens is 182 g/mol. The van der Waals surface area contributed by atoms with Crippen molar-refractivity contribution in [3.63, 3.8) is 0 Å². The van der Waals surface area contributed by atoms with E-state index in [1.807, 2.05) is 0 Å². The molecule has 1 saturated carbocycles. The fraction of sp³-hybridized carbons (Fsp3) is 0.800. The summed E-state index contributed by atoms with van der Waals surface area (Å²) in [6, 6.07) is 0. The Balaban J connectivity index is 2.21. The lowest BCUT2D eigenvalue weighted by molar-refractivity contribution is -0.148. The quantitative estimate of drug-likeness (QED) is 0.615. The molecule has 0 N–H and O–H groups in total. The first-order valence-corrected chi connectivity index (χ1v) is 5.03. The molecule has 0 saturated heterocycles. The second kappa shape index (κ2) is 4.98. The minimum absolute atomic E-state index is 0.0422. The molecule has 0 aromatic rings. The van der Waals surface area contributed by atoms with Crippen LogP contribution in [0.15, 0.2) is 0 Å². The third kappa shape index (κ3) is 3.77. The van der Waals surface area contributed by atoms with Crippen molar-refractivity contribution in [1.82, 2.24) is 4.90 Å². The van der Waals surface area contributed by atoms with Gasteiger partial charge >= 0.3 is 5.97 Å². The van der Waals surface area contributed by atoms with Crippen molar-refractivity contribution in [2.75, 3.05) is 20.2 Å². The maximum atomic E-state index is 11.5. The number of likely N-dealkylation sites (N-methyl/N-ethyl adjacent to an activating group) is 1. The Morgan fingerprint density at radius 2 is 2.07 bits per heavy atom. The molecule has 0 aromatic heterocycles. The summed E-state index contributed by atoms with van der Waals surface area (Å²) in [5.41, 5.74) is 0. The molecule has 0 radical (unpaired) electrons. The number of ether oxygens (including phenoxy) is 1. The molecule has 0 unspecified atom stereocenters. The van der Waals surface area contributed by atoms with Gasteiger partial charge in [0.25, 0.3) is 0 Å². The number of rotatable bonds is 5. The van der Waals surface area contributed by atoms with Crippen molar-refractivity contribution in [3.05, 3.63) is 0 Å². The van der Waals surface area contributed by atoms with E-state index in [4.69, 9.17) is 4.74 Å². The van der Waals surface area contributed by atoms with Crippen molar-refractivity contribution < 1.29 is 14.3 Å². The third-order valence-electron chi connectivity index (χ3n) is 2.26. The summed E-state index contributed by atoms with van der Waals surface area (Å²) in [5, 5.41) is 0. The molecular formula is C10H17NO3. The van der Waals surface area contributed by atoms with Gasteiger partial charge in [0.2, 0.25) is 5.91 Å². The van der Waals surface area contributed by atoms with Crippen LogP contribution in [0.5, 0.6) is 0 Å². The first-order chi connectivity index (χ1) is 6.63. The monoisotopic (exact) mass is 199 g/mol. The summed E-state index contributed by atoms with van der Waals surface area (Å²) in [6.45, 7) is 2.19. The summed E-state index contributed by atoms with van der Waals surface area (Å²) in [6.07, 6.45) is 2.88. The second-order valence-corrected chi connectivity index (χ2v) is 3.70. The summed E-state index contributed by atoms with van der Waals surface area (Å²) in [7, 11) is 1.64. The normalized spacial score (nSPS) is 15.0. The molecule has 1 aliphatic carbocycles. The molecule has 1 rings (SSSR count). The average molecular weight is 199 g/mol. The molecule has 0 atom stereocenters. The van der Waals surface area contributed by atoms with Crippen molar-refractivity contribution in [2.24, 2.45) is 5.92 Å². The third-order valence-corrected chi connectivity index (χ3v) is 2.26. The average Bonchev–Trinajstić information content (AvgIpc) is 2.88. The van der Waals surface area contributed by atoms with E-state index in [0.717, 1.165) is 12.8 Å². The van der Waals surface area contributed by atoms with E-state index in [9.17, 15) is 9.59 Å². The molecule has 4 nitrogen and oxygen atoms in total. The van der Waals surface area contributed by atoms with E-state index in [2.05, 4.69) is 0 Å². The Hall–Kier alpha value is -1.06. The Morgan fingerprint density at radius 1 is 1.43 bits per heavy atom. The molecule has 0 aromatic carbocycles. The number of nitrogens with zero attached hydrogens (tertiary/aromatic N) is 1. The fourth-order valence-electron chi connectivity index (χ4n) is 1.21. The fourth-order valence-corrected chi connectivity index (χ4v) is 1.21. The second-order valence-electron chi connectivity index (χ2n) is 3.70. The predicted molar refractivity (Wildman–Crippen MR) is 51.6 cm³/mol. The Bertz CT molecular complexity index is 223. The molecule has 1 fully saturated rings. The topological polar surface area (TPSA) is 46.6 Å². The summed E-state index contributed by atoms with van der Waals surface area (Å²) in [4.78, 5) is 23.9. The van der Waals surface area contributed by atoms with Gasteiger partial charge in [0.1, 0.15) is 6.54 Å². The van der Waals surface area contributed by atoms with E-state index >= 15 is 0 Å². The number of hydrogen-bond acceptors (Lipinski definition) is 3. The highest BCUT2D eigenvalue weighted by Gasteiger charge is 2.26. The van der Waals surface area contributed by atoms with Gasteiger partial charge in [-0.05, 0) is 25.7 Å². The van der Waals surface area contributed by atoms with E-state index in [1.54, 1.807) is 14.0 Å². The standard InChI is InChI=1S/C10H17NO3/c1-3-14-10(13)7-11(2)9(12)6-8-4-5-8/h8H,3-7H2,1-2H3.